The van der Waals surface area contributed by atoms with Crippen molar-refractivity contribution in [3.05, 3.63) is 0 Å². The van der Waals surface area contributed by atoms with Gasteiger partial charge in [0.15, 0.2) is 0 Å². The third-order valence-corrected chi connectivity index (χ3v) is 8.69. The SMILES string of the molecule is C1CCC2C(C1)CC2PC1CC2CCCCC21. The van der Waals surface area contributed by atoms with Crippen molar-refractivity contribution < 1.29 is 0 Å². The van der Waals surface area contributed by atoms with Gasteiger partial charge in [0.25, 0.3) is 0 Å². The molecule has 0 radical (unpaired) electrons. The van der Waals surface area contributed by atoms with Crippen molar-refractivity contribution in [1.29, 1.82) is 0 Å². The van der Waals surface area contributed by atoms with Crippen LogP contribution < -0.4 is 0 Å². The molecule has 4 fully saturated rings. The first-order chi connectivity index (χ1) is 8.42. The molecule has 0 heterocycles. The molecule has 96 valence electrons. The summed E-state index contributed by atoms with van der Waals surface area (Å²) in [4.78, 5) is 0. The maximum absolute atomic E-state index is 1.64. The van der Waals surface area contributed by atoms with Gasteiger partial charge in [0.1, 0.15) is 0 Å². The summed E-state index contributed by atoms with van der Waals surface area (Å²) in [6.07, 6.45) is 15.8. The van der Waals surface area contributed by atoms with Crippen LogP contribution in [0.3, 0.4) is 0 Å². The summed E-state index contributed by atoms with van der Waals surface area (Å²) in [7, 11) is 1.37. The number of hydrogen-bond donors (Lipinski definition) is 0. The van der Waals surface area contributed by atoms with Crippen LogP contribution in [-0.4, -0.2) is 11.3 Å². The summed E-state index contributed by atoms with van der Waals surface area (Å²) >= 11 is 0. The highest BCUT2D eigenvalue weighted by Gasteiger charge is 2.47. The van der Waals surface area contributed by atoms with Gasteiger partial charge in [-0.3, -0.25) is 0 Å². The smallest absolute Gasteiger partial charge is 0.0200 e. The van der Waals surface area contributed by atoms with E-state index in [9.17, 15) is 0 Å². The van der Waals surface area contributed by atoms with Gasteiger partial charge in [-0.05, 0) is 60.7 Å². The second-order valence-electron chi connectivity index (χ2n) is 7.27. The van der Waals surface area contributed by atoms with Gasteiger partial charge >= 0.3 is 0 Å². The zero-order valence-electron chi connectivity index (χ0n) is 11.0. The van der Waals surface area contributed by atoms with Gasteiger partial charge in [-0.15, -0.1) is 8.58 Å². The Morgan fingerprint density at radius 1 is 0.588 bits per heavy atom. The second-order valence-corrected chi connectivity index (χ2v) is 9.08. The van der Waals surface area contributed by atoms with E-state index in [2.05, 4.69) is 0 Å². The highest BCUT2D eigenvalue weighted by atomic mass is 31.1. The Morgan fingerprint density at radius 2 is 1.06 bits per heavy atom. The molecule has 4 saturated carbocycles. The summed E-state index contributed by atoms with van der Waals surface area (Å²) < 4.78 is 0. The number of hydrogen-bond acceptors (Lipinski definition) is 0. The average Bonchev–Trinajstić information content (AvgIpc) is 2.31. The first-order valence-electron chi connectivity index (χ1n) is 8.18. The molecule has 0 saturated heterocycles. The standard InChI is InChI=1S/C16H27P/c1-3-7-13-11(5-1)9-15(13)17-16-10-12-6-2-4-8-14(12)16/h11-17H,1-10H2. The van der Waals surface area contributed by atoms with Crippen LogP contribution in [0.25, 0.3) is 0 Å². The summed E-state index contributed by atoms with van der Waals surface area (Å²) in [5.74, 6) is 4.77. The van der Waals surface area contributed by atoms with Crippen molar-refractivity contribution in [3.8, 4) is 0 Å². The second kappa shape index (κ2) is 4.52. The van der Waals surface area contributed by atoms with Crippen LogP contribution in [0.5, 0.6) is 0 Å². The Kier molecular flexibility index (Phi) is 2.99. The lowest BCUT2D eigenvalue weighted by Crippen LogP contribution is -2.46. The Bertz CT molecular complexity index is 259. The monoisotopic (exact) mass is 250 g/mol. The zero-order chi connectivity index (χ0) is 11.2. The molecule has 4 aliphatic carbocycles. The first-order valence-corrected chi connectivity index (χ1v) is 9.33. The lowest BCUT2D eigenvalue weighted by Gasteiger charge is -2.54. The van der Waals surface area contributed by atoms with E-state index in [1.165, 1.54) is 43.6 Å². The van der Waals surface area contributed by atoms with E-state index < -0.39 is 0 Å². The van der Waals surface area contributed by atoms with Crippen LogP contribution in [0.4, 0.5) is 0 Å². The molecular weight excluding hydrogens is 223 g/mol. The highest BCUT2D eigenvalue weighted by molar-refractivity contribution is 7.40. The van der Waals surface area contributed by atoms with Crippen LogP contribution in [-0.2, 0) is 0 Å². The normalized spacial score (nSPS) is 53.6. The molecule has 0 nitrogen and oxygen atoms in total. The zero-order valence-corrected chi connectivity index (χ0v) is 12.0. The minimum Gasteiger partial charge on any atom is -0.115 e. The van der Waals surface area contributed by atoms with Crippen molar-refractivity contribution in [2.75, 3.05) is 0 Å². The van der Waals surface area contributed by atoms with Crippen LogP contribution in [0.2, 0.25) is 0 Å². The fraction of sp³-hybridized carbons (Fsp3) is 1.00. The number of fused-ring (bicyclic) bond motifs is 2. The van der Waals surface area contributed by atoms with Gasteiger partial charge in [0.05, 0.1) is 0 Å². The van der Waals surface area contributed by atoms with Crippen molar-refractivity contribution in [2.45, 2.75) is 75.5 Å². The van der Waals surface area contributed by atoms with Crippen LogP contribution >= 0.6 is 8.58 Å². The largest absolute Gasteiger partial charge is 0.115 e. The summed E-state index contributed by atoms with van der Waals surface area (Å²) in [6, 6.07) is 0. The Labute approximate surface area is 108 Å². The summed E-state index contributed by atoms with van der Waals surface area (Å²) in [6.45, 7) is 0. The molecule has 1 heteroatoms. The molecule has 0 N–H and O–H groups in total. The van der Waals surface area contributed by atoms with Crippen LogP contribution in [0.1, 0.15) is 64.2 Å². The van der Waals surface area contributed by atoms with Crippen molar-refractivity contribution >= 4 is 8.58 Å². The first kappa shape index (κ1) is 11.3. The maximum Gasteiger partial charge on any atom is -0.0200 e. The lowest BCUT2D eigenvalue weighted by molar-refractivity contribution is 0.107. The molecule has 0 amide bonds. The molecule has 0 bridgehead atoms. The third-order valence-electron chi connectivity index (χ3n) is 6.51. The highest BCUT2D eigenvalue weighted by Crippen LogP contribution is 2.60. The quantitative estimate of drug-likeness (QED) is 0.616. The van der Waals surface area contributed by atoms with Gasteiger partial charge in [0.2, 0.25) is 0 Å². The summed E-state index contributed by atoms with van der Waals surface area (Å²) in [5, 5.41) is 0. The van der Waals surface area contributed by atoms with E-state index in [1.54, 1.807) is 64.2 Å². The molecule has 6 unspecified atom stereocenters. The Hall–Kier alpha value is 0.430. The molecule has 17 heavy (non-hydrogen) atoms. The van der Waals surface area contributed by atoms with E-state index in [1.807, 2.05) is 0 Å². The van der Waals surface area contributed by atoms with Crippen LogP contribution in [0.15, 0.2) is 0 Å². The van der Waals surface area contributed by atoms with E-state index >= 15 is 0 Å². The molecule has 6 atom stereocenters. The van der Waals surface area contributed by atoms with Crippen molar-refractivity contribution in [3.63, 3.8) is 0 Å². The minimum atomic E-state index is 1.18. The Morgan fingerprint density at radius 3 is 1.53 bits per heavy atom. The van der Waals surface area contributed by atoms with Crippen LogP contribution in [0, 0.1) is 23.7 Å². The van der Waals surface area contributed by atoms with Gasteiger partial charge in [-0.25, -0.2) is 0 Å². The predicted molar refractivity (Wildman–Crippen MR) is 76.0 cm³/mol. The van der Waals surface area contributed by atoms with Gasteiger partial charge in [-0.2, -0.15) is 0 Å². The molecule has 4 aliphatic rings. The third kappa shape index (κ3) is 1.90. The Balaban J connectivity index is 1.31. The van der Waals surface area contributed by atoms with Gasteiger partial charge < -0.3 is 0 Å². The molecule has 0 spiro atoms. The molecule has 0 aromatic rings. The van der Waals surface area contributed by atoms with Gasteiger partial charge in [-0.1, -0.05) is 38.5 Å². The summed E-state index contributed by atoms with van der Waals surface area (Å²) in [5.41, 5.74) is 2.40. The lowest BCUT2D eigenvalue weighted by atomic mass is 9.64. The fourth-order valence-corrected chi connectivity index (χ4v) is 8.19. The molecule has 0 aromatic carbocycles. The number of rotatable bonds is 2. The van der Waals surface area contributed by atoms with Crippen molar-refractivity contribution in [2.24, 2.45) is 23.7 Å². The molecule has 0 aromatic heterocycles. The maximum atomic E-state index is 1.64. The fourth-order valence-electron chi connectivity index (χ4n) is 5.39. The molecule has 0 aliphatic heterocycles. The van der Waals surface area contributed by atoms with Gasteiger partial charge in [0, 0.05) is 0 Å². The topological polar surface area (TPSA) is 0 Å². The van der Waals surface area contributed by atoms with E-state index in [-0.39, 0.29) is 0 Å². The average molecular weight is 250 g/mol. The van der Waals surface area contributed by atoms with Crippen molar-refractivity contribution in [1.82, 2.24) is 0 Å². The molecule has 4 rings (SSSR count). The molecular formula is C16H27P. The van der Waals surface area contributed by atoms with E-state index in [0.717, 1.165) is 0 Å². The van der Waals surface area contributed by atoms with E-state index in [0.29, 0.717) is 0 Å². The predicted octanol–water partition coefficient (Wildman–Crippen LogP) is 4.82. The minimum absolute atomic E-state index is 1.18. The van der Waals surface area contributed by atoms with E-state index in [4.69, 9.17) is 0 Å².